The van der Waals surface area contributed by atoms with Crippen LogP contribution in [0.3, 0.4) is 0 Å². The van der Waals surface area contributed by atoms with Crippen LogP contribution < -0.4 is 10.5 Å². The van der Waals surface area contributed by atoms with Crippen molar-refractivity contribution < 1.29 is 8.42 Å². The summed E-state index contributed by atoms with van der Waals surface area (Å²) < 4.78 is 27.8. The molecule has 1 aromatic carbocycles. The number of nitrogens with zero attached hydrogens (tertiary/aromatic N) is 1. The minimum Gasteiger partial charge on any atom is -0.324 e. The summed E-state index contributed by atoms with van der Waals surface area (Å²) in [5, 5.41) is 0. The maximum absolute atomic E-state index is 12.5. The van der Waals surface area contributed by atoms with Crippen molar-refractivity contribution in [2.75, 3.05) is 20.1 Å². The first-order valence-corrected chi connectivity index (χ1v) is 8.97. The van der Waals surface area contributed by atoms with Gasteiger partial charge in [-0.25, -0.2) is 13.1 Å². The van der Waals surface area contributed by atoms with E-state index in [1.54, 1.807) is 18.2 Å². The standard InChI is InChI=1S/C15H25N3O2S/c1-3-15(16)12-5-4-6-14(11-12)21(19,20)17-13-7-9-18(2)10-8-13/h4-6,11,13,15,17H,3,7-10,16H2,1-2H3. The highest BCUT2D eigenvalue weighted by Gasteiger charge is 2.23. The van der Waals surface area contributed by atoms with Crippen molar-refractivity contribution in [3.8, 4) is 0 Å². The fourth-order valence-electron chi connectivity index (χ4n) is 2.56. The molecule has 0 spiro atoms. The second-order valence-electron chi connectivity index (χ2n) is 5.79. The lowest BCUT2D eigenvalue weighted by Gasteiger charge is -2.29. The molecule has 1 aliphatic heterocycles. The largest absolute Gasteiger partial charge is 0.324 e. The van der Waals surface area contributed by atoms with Gasteiger partial charge in [0, 0.05) is 12.1 Å². The van der Waals surface area contributed by atoms with E-state index >= 15 is 0 Å². The third-order valence-corrected chi connectivity index (χ3v) is 5.59. The van der Waals surface area contributed by atoms with Gasteiger partial charge in [0.1, 0.15) is 0 Å². The monoisotopic (exact) mass is 311 g/mol. The summed E-state index contributed by atoms with van der Waals surface area (Å²) in [6.07, 6.45) is 2.49. The molecule has 0 aromatic heterocycles. The first-order valence-electron chi connectivity index (χ1n) is 7.49. The number of nitrogens with two attached hydrogens (primary N) is 1. The third kappa shape index (κ3) is 4.26. The summed E-state index contributed by atoms with van der Waals surface area (Å²) in [5.41, 5.74) is 6.85. The molecule has 5 nitrogen and oxygen atoms in total. The number of benzene rings is 1. The van der Waals surface area contributed by atoms with Gasteiger partial charge in [0.05, 0.1) is 4.90 Å². The molecule has 0 radical (unpaired) electrons. The predicted octanol–water partition coefficient (Wildman–Crippen LogP) is 1.47. The summed E-state index contributed by atoms with van der Waals surface area (Å²) in [7, 11) is -1.41. The van der Waals surface area contributed by atoms with Crippen LogP contribution in [0.4, 0.5) is 0 Å². The van der Waals surface area contributed by atoms with E-state index < -0.39 is 10.0 Å². The summed E-state index contributed by atoms with van der Waals surface area (Å²) >= 11 is 0. The van der Waals surface area contributed by atoms with Crippen molar-refractivity contribution >= 4 is 10.0 Å². The Balaban J connectivity index is 2.12. The van der Waals surface area contributed by atoms with Gasteiger partial charge in [0.25, 0.3) is 0 Å². The van der Waals surface area contributed by atoms with Gasteiger partial charge in [0.15, 0.2) is 0 Å². The summed E-state index contributed by atoms with van der Waals surface area (Å²) in [6.45, 7) is 3.84. The van der Waals surface area contributed by atoms with Crippen molar-refractivity contribution in [3.05, 3.63) is 29.8 Å². The van der Waals surface area contributed by atoms with Crippen LogP contribution in [0.1, 0.15) is 37.8 Å². The van der Waals surface area contributed by atoms with Gasteiger partial charge in [-0.2, -0.15) is 0 Å². The van der Waals surface area contributed by atoms with E-state index in [2.05, 4.69) is 16.7 Å². The van der Waals surface area contributed by atoms with Crippen LogP contribution in [-0.4, -0.2) is 39.5 Å². The number of hydrogen-bond donors (Lipinski definition) is 2. The lowest BCUT2D eigenvalue weighted by Crippen LogP contribution is -2.43. The van der Waals surface area contributed by atoms with E-state index in [0.29, 0.717) is 4.90 Å². The second-order valence-corrected chi connectivity index (χ2v) is 7.50. The number of hydrogen-bond acceptors (Lipinski definition) is 4. The molecule has 118 valence electrons. The SMILES string of the molecule is CCC(N)c1cccc(S(=O)(=O)NC2CCN(C)CC2)c1. The van der Waals surface area contributed by atoms with Gasteiger partial charge in [-0.1, -0.05) is 19.1 Å². The summed E-state index contributed by atoms with van der Waals surface area (Å²) in [6, 6.07) is 6.85. The number of likely N-dealkylation sites (tertiary alicyclic amines) is 1. The molecule has 1 heterocycles. The zero-order valence-electron chi connectivity index (χ0n) is 12.7. The Morgan fingerprint density at radius 1 is 1.38 bits per heavy atom. The normalized spacial score (nSPS) is 19.6. The Labute approximate surface area is 127 Å². The minimum atomic E-state index is -3.47. The Kier molecular flexibility index (Phi) is 5.37. The van der Waals surface area contributed by atoms with Gasteiger partial charge in [0.2, 0.25) is 10.0 Å². The van der Waals surface area contributed by atoms with Crippen molar-refractivity contribution in [1.82, 2.24) is 9.62 Å². The summed E-state index contributed by atoms with van der Waals surface area (Å²) in [5.74, 6) is 0. The molecule has 0 amide bonds. The van der Waals surface area contributed by atoms with Crippen molar-refractivity contribution in [1.29, 1.82) is 0 Å². The van der Waals surface area contributed by atoms with Crippen LogP contribution in [0.25, 0.3) is 0 Å². The van der Waals surface area contributed by atoms with Gasteiger partial charge in [-0.15, -0.1) is 0 Å². The van der Waals surface area contributed by atoms with Crippen LogP contribution >= 0.6 is 0 Å². The molecule has 2 rings (SSSR count). The van der Waals surface area contributed by atoms with Crippen LogP contribution in [0.2, 0.25) is 0 Å². The third-order valence-electron chi connectivity index (χ3n) is 4.08. The highest BCUT2D eigenvalue weighted by molar-refractivity contribution is 7.89. The average Bonchev–Trinajstić information content (AvgIpc) is 2.49. The smallest absolute Gasteiger partial charge is 0.240 e. The Morgan fingerprint density at radius 3 is 2.67 bits per heavy atom. The van der Waals surface area contributed by atoms with Gasteiger partial charge in [-0.3, -0.25) is 0 Å². The van der Waals surface area contributed by atoms with Crippen LogP contribution in [0, 0.1) is 0 Å². The zero-order chi connectivity index (χ0) is 15.5. The molecule has 3 N–H and O–H groups in total. The zero-order valence-corrected chi connectivity index (χ0v) is 13.6. The van der Waals surface area contributed by atoms with E-state index in [-0.39, 0.29) is 12.1 Å². The molecular weight excluding hydrogens is 286 g/mol. The van der Waals surface area contributed by atoms with E-state index in [9.17, 15) is 8.42 Å². The highest BCUT2D eigenvalue weighted by Crippen LogP contribution is 2.19. The van der Waals surface area contributed by atoms with E-state index in [0.717, 1.165) is 37.9 Å². The van der Waals surface area contributed by atoms with Crippen LogP contribution in [-0.2, 0) is 10.0 Å². The number of piperidine rings is 1. The highest BCUT2D eigenvalue weighted by atomic mass is 32.2. The van der Waals surface area contributed by atoms with Crippen molar-refractivity contribution in [2.45, 2.75) is 43.2 Å². The molecular formula is C15H25N3O2S. The van der Waals surface area contributed by atoms with E-state index in [1.807, 2.05) is 13.0 Å². The number of sulfonamides is 1. The molecule has 1 aliphatic rings. The Bertz CT molecular complexity index is 566. The molecule has 0 aliphatic carbocycles. The van der Waals surface area contributed by atoms with Crippen LogP contribution in [0.15, 0.2) is 29.2 Å². The molecule has 6 heteroatoms. The van der Waals surface area contributed by atoms with Crippen molar-refractivity contribution in [2.24, 2.45) is 5.73 Å². The van der Waals surface area contributed by atoms with E-state index in [1.165, 1.54) is 0 Å². The predicted molar refractivity (Wildman–Crippen MR) is 84.5 cm³/mol. The van der Waals surface area contributed by atoms with E-state index in [4.69, 9.17) is 5.73 Å². The fraction of sp³-hybridized carbons (Fsp3) is 0.600. The molecule has 0 bridgehead atoms. The van der Waals surface area contributed by atoms with Gasteiger partial charge < -0.3 is 10.6 Å². The molecule has 1 aromatic rings. The van der Waals surface area contributed by atoms with Crippen LogP contribution in [0.5, 0.6) is 0 Å². The average molecular weight is 311 g/mol. The number of nitrogens with one attached hydrogen (secondary N) is 1. The lowest BCUT2D eigenvalue weighted by atomic mass is 10.1. The maximum atomic E-state index is 12.5. The fourth-order valence-corrected chi connectivity index (χ4v) is 3.92. The molecule has 1 atom stereocenters. The molecule has 0 saturated carbocycles. The Morgan fingerprint density at radius 2 is 2.05 bits per heavy atom. The number of rotatable bonds is 5. The topological polar surface area (TPSA) is 75.4 Å². The van der Waals surface area contributed by atoms with Crippen molar-refractivity contribution in [3.63, 3.8) is 0 Å². The minimum absolute atomic E-state index is 0.0229. The second kappa shape index (κ2) is 6.87. The molecule has 1 unspecified atom stereocenters. The first-order chi connectivity index (χ1) is 9.92. The molecule has 1 fully saturated rings. The molecule has 1 saturated heterocycles. The van der Waals surface area contributed by atoms with Gasteiger partial charge >= 0.3 is 0 Å². The Hall–Kier alpha value is -0.950. The first kappa shape index (κ1) is 16.4. The molecule has 21 heavy (non-hydrogen) atoms. The van der Waals surface area contributed by atoms with Gasteiger partial charge in [-0.05, 0) is 57.1 Å². The quantitative estimate of drug-likeness (QED) is 0.863. The lowest BCUT2D eigenvalue weighted by molar-refractivity contribution is 0.248. The summed E-state index contributed by atoms with van der Waals surface area (Å²) in [4.78, 5) is 2.52. The maximum Gasteiger partial charge on any atom is 0.240 e.